The molecular formula is C19H19ClFNO2. The van der Waals surface area contributed by atoms with Crippen LogP contribution in [0.25, 0.3) is 0 Å². The molecule has 3 nitrogen and oxygen atoms in total. The van der Waals surface area contributed by atoms with Crippen LogP contribution in [0.15, 0.2) is 42.5 Å². The molecule has 0 unspecified atom stereocenters. The molecule has 0 bridgehead atoms. The summed E-state index contributed by atoms with van der Waals surface area (Å²) in [5.41, 5.74) is 0.227. The van der Waals surface area contributed by atoms with Crippen LogP contribution in [0.2, 0.25) is 5.02 Å². The van der Waals surface area contributed by atoms with Crippen molar-refractivity contribution in [3.8, 4) is 5.75 Å². The maximum atomic E-state index is 14.3. The zero-order valence-electron chi connectivity index (χ0n) is 13.4. The van der Waals surface area contributed by atoms with Crippen LogP contribution in [0, 0.1) is 5.82 Å². The zero-order valence-corrected chi connectivity index (χ0v) is 14.2. The van der Waals surface area contributed by atoms with Crippen LogP contribution in [0.5, 0.6) is 5.75 Å². The number of benzene rings is 2. The summed E-state index contributed by atoms with van der Waals surface area (Å²) in [6, 6.07) is 11.6. The normalized spacial score (nSPS) is 16.0. The van der Waals surface area contributed by atoms with E-state index in [0.29, 0.717) is 34.9 Å². The zero-order chi connectivity index (χ0) is 17.2. The number of carbonyl (C=O) groups is 1. The third-order valence-corrected chi connectivity index (χ3v) is 4.99. The number of hydrogen-bond acceptors (Lipinski definition) is 2. The highest BCUT2D eigenvalue weighted by Gasteiger charge is 2.44. The van der Waals surface area contributed by atoms with Crippen LogP contribution in [-0.4, -0.2) is 13.0 Å². The number of nitrogens with one attached hydrogen (secondary N) is 1. The van der Waals surface area contributed by atoms with E-state index in [0.717, 1.165) is 12.8 Å². The first-order valence-corrected chi connectivity index (χ1v) is 8.34. The van der Waals surface area contributed by atoms with E-state index in [4.69, 9.17) is 16.3 Å². The minimum absolute atomic E-state index is 0.189. The maximum absolute atomic E-state index is 14.3. The lowest BCUT2D eigenvalue weighted by molar-refractivity contribution is -0.121. The molecule has 3 rings (SSSR count). The summed E-state index contributed by atoms with van der Waals surface area (Å²) in [4.78, 5) is 13.0. The predicted octanol–water partition coefficient (Wildman–Crippen LogP) is 4.94. The van der Waals surface area contributed by atoms with Gasteiger partial charge in [0.2, 0.25) is 5.91 Å². The maximum Gasteiger partial charge on any atom is 0.235 e. The quantitative estimate of drug-likeness (QED) is 0.850. The van der Waals surface area contributed by atoms with E-state index < -0.39 is 5.41 Å². The SMILES string of the molecule is COc1ccc(NC(=O)C2(c3ccccc3F)CCCC2)cc1Cl. The first kappa shape index (κ1) is 16.8. The van der Waals surface area contributed by atoms with E-state index in [1.54, 1.807) is 36.4 Å². The van der Waals surface area contributed by atoms with E-state index in [1.807, 2.05) is 0 Å². The predicted molar refractivity (Wildman–Crippen MR) is 93.2 cm³/mol. The second kappa shape index (κ2) is 6.81. The molecule has 0 saturated heterocycles. The van der Waals surface area contributed by atoms with Crippen LogP contribution in [-0.2, 0) is 10.2 Å². The van der Waals surface area contributed by atoms with E-state index in [2.05, 4.69) is 5.32 Å². The number of halogens is 2. The lowest BCUT2D eigenvalue weighted by Gasteiger charge is -2.28. The molecular weight excluding hydrogens is 329 g/mol. The summed E-state index contributed by atoms with van der Waals surface area (Å²) in [6.07, 6.45) is 3.10. The Hall–Kier alpha value is -2.07. The van der Waals surface area contributed by atoms with Gasteiger partial charge in [-0.25, -0.2) is 4.39 Å². The molecule has 0 aliphatic heterocycles. The first-order valence-electron chi connectivity index (χ1n) is 7.97. The Morgan fingerprint density at radius 3 is 2.54 bits per heavy atom. The average Bonchev–Trinajstić information content (AvgIpc) is 3.06. The molecule has 0 radical (unpaired) electrons. The Kier molecular flexibility index (Phi) is 4.76. The Bertz CT molecular complexity index is 757. The van der Waals surface area contributed by atoms with E-state index in [-0.39, 0.29) is 11.7 Å². The third-order valence-electron chi connectivity index (χ3n) is 4.69. The molecule has 5 heteroatoms. The highest BCUT2D eigenvalue weighted by Crippen LogP contribution is 2.43. The number of methoxy groups -OCH3 is 1. The largest absolute Gasteiger partial charge is 0.495 e. The van der Waals surface area contributed by atoms with Gasteiger partial charge in [0.05, 0.1) is 17.5 Å². The van der Waals surface area contributed by atoms with E-state index >= 15 is 0 Å². The van der Waals surface area contributed by atoms with Gasteiger partial charge in [-0.2, -0.15) is 0 Å². The molecule has 1 N–H and O–H groups in total. The minimum atomic E-state index is -0.822. The molecule has 2 aromatic rings. The van der Waals surface area contributed by atoms with Crippen LogP contribution >= 0.6 is 11.6 Å². The fourth-order valence-electron chi connectivity index (χ4n) is 3.44. The molecule has 0 atom stereocenters. The van der Waals surface area contributed by atoms with Gasteiger partial charge in [0.1, 0.15) is 11.6 Å². The second-order valence-electron chi connectivity index (χ2n) is 6.07. The third kappa shape index (κ3) is 2.98. The molecule has 0 aromatic heterocycles. The molecule has 0 spiro atoms. The van der Waals surface area contributed by atoms with Crippen molar-refractivity contribution in [2.45, 2.75) is 31.1 Å². The molecule has 2 aromatic carbocycles. The Balaban J connectivity index is 1.91. The number of amides is 1. The summed E-state index contributed by atoms with van der Waals surface area (Å²) in [7, 11) is 1.53. The van der Waals surface area contributed by atoms with E-state index in [9.17, 15) is 9.18 Å². The van der Waals surface area contributed by atoms with Gasteiger partial charge in [-0.1, -0.05) is 42.6 Å². The highest BCUT2D eigenvalue weighted by molar-refractivity contribution is 6.32. The van der Waals surface area contributed by atoms with Crippen molar-refractivity contribution < 1.29 is 13.9 Å². The summed E-state index contributed by atoms with van der Waals surface area (Å²) < 4.78 is 19.4. The van der Waals surface area contributed by atoms with Gasteiger partial charge in [0, 0.05) is 11.3 Å². The van der Waals surface area contributed by atoms with Gasteiger partial charge in [0.25, 0.3) is 0 Å². The number of rotatable bonds is 4. The average molecular weight is 348 g/mol. The van der Waals surface area contributed by atoms with E-state index in [1.165, 1.54) is 13.2 Å². The van der Waals surface area contributed by atoms with Crippen molar-refractivity contribution in [2.75, 3.05) is 12.4 Å². The summed E-state index contributed by atoms with van der Waals surface area (Å²) in [6.45, 7) is 0. The molecule has 126 valence electrons. The van der Waals surface area contributed by atoms with Crippen LogP contribution in [0.3, 0.4) is 0 Å². The molecule has 1 aliphatic rings. The Labute approximate surface area is 145 Å². The van der Waals surface area contributed by atoms with Gasteiger partial charge >= 0.3 is 0 Å². The summed E-state index contributed by atoms with van der Waals surface area (Å²) in [5.74, 6) is 0.0213. The fourth-order valence-corrected chi connectivity index (χ4v) is 3.70. The standard InChI is InChI=1S/C19H19ClFNO2/c1-24-17-9-8-13(12-15(17)20)22-18(23)19(10-4-5-11-19)14-6-2-3-7-16(14)21/h2-3,6-9,12H,4-5,10-11H2,1H3,(H,22,23). The van der Waals surface area contributed by atoms with Crippen LogP contribution in [0.4, 0.5) is 10.1 Å². The fraction of sp³-hybridized carbons (Fsp3) is 0.316. The smallest absolute Gasteiger partial charge is 0.235 e. The molecule has 24 heavy (non-hydrogen) atoms. The van der Waals surface area contributed by atoms with Crippen LogP contribution < -0.4 is 10.1 Å². The van der Waals surface area contributed by atoms with Gasteiger partial charge in [0.15, 0.2) is 0 Å². The minimum Gasteiger partial charge on any atom is -0.495 e. The van der Waals surface area contributed by atoms with Crippen molar-refractivity contribution in [2.24, 2.45) is 0 Å². The Morgan fingerprint density at radius 1 is 1.21 bits per heavy atom. The topological polar surface area (TPSA) is 38.3 Å². The van der Waals surface area contributed by atoms with Gasteiger partial charge < -0.3 is 10.1 Å². The molecule has 0 heterocycles. The summed E-state index contributed by atoms with van der Waals surface area (Å²) in [5, 5.41) is 3.32. The van der Waals surface area contributed by atoms with Crippen molar-refractivity contribution in [3.63, 3.8) is 0 Å². The number of ether oxygens (including phenoxy) is 1. The van der Waals surface area contributed by atoms with Crippen molar-refractivity contribution >= 4 is 23.2 Å². The van der Waals surface area contributed by atoms with Crippen molar-refractivity contribution in [3.05, 3.63) is 58.9 Å². The first-order chi connectivity index (χ1) is 11.6. The van der Waals surface area contributed by atoms with Crippen molar-refractivity contribution in [1.82, 2.24) is 0 Å². The lowest BCUT2D eigenvalue weighted by atomic mass is 9.77. The van der Waals surface area contributed by atoms with Gasteiger partial charge in [-0.15, -0.1) is 0 Å². The monoisotopic (exact) mass is 347 g/mol. The molecule has 1 fully saturated rings. The number of hydrogen-bond donors (Lipinski definition) is 1. The van der Waals surface area contributed by atoms with Crippen LogP contribution in [0.1, 0.15) is 31.2 Å². The van der Waals surface area contributed by atoms with Crippen molar-refractivity contribution in [1.29, 1.82) is 0 Å². The van der Waals surface area contributed by atoms with Gasteiger partial charge in [-0.3, -0.25) is 4.79 Å². The molecule has 1 saturated carbocycles. The number of anilines is 1. The molecule has 1 amide bonds. The molecule has 1 aliphatic carbocycles. The van der Waals surface area contributed by atoms with Gasteiger partial charge in [-0.05, 0) is 37.1 Å². The second-order valence-corrected chi connectivity index (χ2v) is 6.48. The Morgan fingerprint density at radius 2 is 1.92 bits per heavy atom. The highest BCUT2D eigenvalue weighted by atomic mass is 35.5. The lowest BCUT2D eigenvalue weighted by Crippen LogP contribution is -2.38. The summed E-state index contributed by atoms with van der Waals surface area (Å²) >= 11 is 6.11. The number of carbonyl (C=O) groups excluding carboxylic acids is 1.